The summed E-state index contributed by atoms with van der Waals surface area (Å²) in [5.74, 6) is 0.590. The van der Waals surface area contributed by atoms with Crippen molar-refractivity contribution >= 4 is 25.1 Å². The molecule has 0 aliphatic heterocycles. The third-order valence-electron chi connectivity index (χ3n) is 9.70. The van der Waals surface area contributed by atoms with Crippen LogP contribution >= 0.6 is 0 Å². The first-order chi connectivity index (χ1) is 25.2. The number of benzene rings is 4. The van der Waals surface area contributed by atoms with Gasteiger partial charge < -0.3 is 9.47 Å². The first-order valence-corrected chi connectivity index (χ1v) is 16.4. The molecule has 0 radical (unpaired) electrons. The van der Waals surface area contributed by atoms with Crippen LogP contribution in [0.5, 0.6) is 11.5 Å². The summed E-state index contributed by atoms with van der Waals surface area (Å²) in [4.78, 5) is 35.9. The van der Waals surface area contributed by atoms with Crippen LogP contribution in [0.2, 0.25) is 0 Å². The molecule has 0 bridgehead atoms. The number of ether oxygens (including phenoxy) is 2. The second-order valence-corrected chi connectivity index (χ2v) is 12.4. The highest BCUT2D eigenvalue weighted by molar-refractivity contribution is 5.95. The second kappa shape index (κ2) is 12.2. The molecule has 1 spiro atoms. The lowest BCUT2D eigenvalue weighted by Crippen LogP contribution is -2.25. The van der Waals surface area contributed by atoms with Gasteiger partial charge in [0.2, 0.25) is 0 Å². The maximum absolute atomic E-state index is 11.3. The van der Waals surface area contributed by atoms with E-state index in [0.29, 0.717) is 41.5 Å². The first kappa shape index (κ1) is 30.1. The van der Waals surface area contributed by atoms with Crippen LogP contribution in [0.1, 0.15) is 33.4 Å². The molecular weight excluding hydrogens is 635 g/mol. The Balaban J connectivity index is 1.11. The summed E-state index contributed by atoms with van der Waals surface area (Å²) >= 11 is 0. The van der Waals surface area contributed by atoms with Crippen LogP contribution in [0.4, 0.5) is 0 Å². The van der Waals surface area contributed by atoms with Crippen LogP contribution in [0, 0.1) is 0 Å². The van der Waals surface area contributed by atoms with Crippen molar-refractivity contribution in [3.63, 3.8) is 0 Å². The number of rotatable bonds is 8. The van der Waals surface area contributed by atoms with Gasteiger partial charge in [-0.15, -0.1) is 0 Å². The van der Waals surface area contributed by atoms with Gasteiger partial charge in [0.15, 0.2) is 0 Å². The predicted molar refractivity (Wildman–Crippen MR) is 196 cm³/mol. The van der Waals surface area contributed by atoms with E-state index in [9.17, 15) is 9.59 Å². The number of carbonyl (C=O) groups is 2. The molecule has 51 heavy (non-hydrogen) atoms. The van der Waals surface area contributed by atoms with Crippen LogP contribution in [-0.4, -0.2) is 27.9 Å². The minimum atomic E-state index is -0.404. The van der Waals surface area contributed by atoms with E-state index in [4.69, 9.17) is 14.5 Å². The number of fused-ring (bicyclic) bond motifs is 10. The van der Waals surface area contributed by atoms with Crippen molar-refractivity contribution in [2.24, 2.45) is 0 Å². The highest BCUT2D eigenvalue weighted by atomic mass is 16.5. The molecule has 3 heterocycles. The van der Waals surface area contributed by atoms with E-state index < -0.39 is 5.41 Å². The molecule has 7 aromatic rings. The van der Waals surface area contributed by atoms with E-state index in [1.54, 1.807) is 30.5 Å². The molecule has 0 N–H and O–H groups in total. The first-order valence-electron chi connectivity index (χ1n) is 16.4. The van der Waals surface area contributed by atoms with Crippen molar-refractivity contribution in [1.82, 2.24) is 15.0 Å². The van der Waals surface area contributed by atoms with E-state index in [0.717, 1.165) is 11.1 Å². The number of nitrogens with zero attached hydrogens (tertiary/aromatic N) is 3. The molecular formula is C44H27N3O4. The summed E-state index contributed by atoms with van der Waals surface area (Å²) in [6.45, 7) is 0.705. The zero-order valence-corrected chi connectivity index (χ0v) is 27.1. The lowest BCUT2D eigenvalue weighted by Gasteiger charge is -2.30. The minimum Gasteiger partial charge on any atom is -0.429 e. The topological polar surface area (TPSA) is 91.3 Å². The standard InChI is InChI=1S/C44H27N3O4/c48-26-50-30-18-20-46-41(23-30)43-25-31(51-27-49)24-42(47-43)40-22-29(17-19-45-40)14-13-28-15-16-35-34-9-3-6-12-38(34)44(39(35)21-28)36-10-4-1-7-32(36)33-8-2-5-11-37(33)44/h1-27H/b14-13+. The summed E-state index contributed by atoms with van der Waals surface area (Å²) in [7, 11) is 0. The monoisotopic (exact) mass is 661 g/mol. The van der Waals surface area contributed by atoms with Crippen LogP contribution in [0.3, 0.4) is 0 Å². The average Bonchev–Trinajstić information content (AvgIpc) is 3.65. The maximum Gasteiger partial charge on any atom is 0.298 e. The number of carbonyl (C=O) groups excluding carboxylic acids is 2. The van der Waals surface area contributed by atoms with Crippen LogP contribution < -0.4 is 9.47 Å². The van der Waals surface area contributed by atoms with Crippen molar-refractivity contribution in [1.29, 1.82) is 0 Å². The molecule has 242 valence electrons. The maximum atomic E-state index is 11.3. The Kier molecular flexibility index (Phi) is 7.18. The van der Waals surface area contributed by atoms with Gasteiger partial charge in [0.1, 0.15) is 11.5 Å². The molecule has 3 aromatic heterocycles. The molecule has 9 rings (SSSR count). The lowest BCUT2D eigenvalue weighted by atomic mass is 9.70. The van der Waals surface area contributed by atoms with Crippen LogP contribution in [0.15, 0.2) is 140 Å². The zero-order valence-electron chi connectivity index (χ0n) is 27.1. The summed E-state index contributed by atoms with van der Waals surface area (Å²) < 4.78 is 10.2. The Morgan fingerprint density at radius 2 is 0.941 bits per heavy atom. The highest BCUT2D eigenvalue weighted by Crippen LogP contribution is 2.62. The van der Waals surface area contributed by atoms with Gasteiger partial charge in [0.05, 0.1) is 28.2 Å². The van der Waals surface area contributed by atoms with E-state index in [-0.39, 0.29) is 5.75 Å². The Hall–Kier alpha value is -6.99. The van der Waals surface area contributed by atoms with Crippen molar-refractivity contribution in [2.45, 2.75) is 5.41 Å². The zero-order chi connectivity index (χ0) is 34.4. The molecule has 2 aliphatic rings. The van der Waals surface area contributed by atoms with Gasteiger partial charge in [0, 0.05) is 30.6 Å². The molecule has 7 heteroatoms. The van der Waals surface area contributed by atoms with Gasteiger partial charge in [0.25, 0.3) is 12.9 Å². The summed E-state index contributed by atoms with van der Waals surface area (Å²) in [5, 5.41) is 0. The number of hydrogen-bond acceptors (Lipinski definition) is 7. The molecule has 0 fully saturated rings. The fourth-order valence-corrected chi connectivity index (χ4v) is 7.67. The molecule has 0 saturated carbocycles. The number of aromatic nitrogens is 3. The number of pyridine rings is 3. The van der Waals surface area contributed by atoms with Crippen molar-refractivity contribution in [3.05, 3.63) is 173 Å². The summed E-state index contributed by atoms with van der Waals surface area (Å²) in [5.41, 5.74) is 13.8. The fraction of sp³-hybridized carbons (Fsp3) is 0.0227. The van der Waals surface area contributed by atoms with Gasteiger partial charge in [-0.05, 0) is 79.9 Å². The Morgan fingerprint density at radius 1 is 0.451 bits per heavy atom. The van der Waals surface area contributed by atoms with Crippen molar-refractivity contribution in [2.75, 3.05) is 0 Å². The quantitative estimate of drug-likeness (QED) is 0.150. The lowest BCUT2D eigenvalue weighted by molar-refractivity contribution is -0.121. The average molecular weight is 662 g/mol. The Labute approximate surface area is 293 Å². The van der Waals surface area contributed by atoms with E-state index in [1.165, 1.54) is 50.7 Å². The molecule has 0 unspecified atom stereocenters. The molecule has 7 nitrogen and oxygen atoms in total. The molecule has 2 aliphatic carbocycles. The second-order valence-electron chi connectivity index (χ2n) is 12.4. The SMILES string of the molecule is O=COc1ccnc(-c2cc(OC=O)cc(-c3cc(/C=C/c4ccc5c(c4)C4(c6ccccc6-c6ccccc64)c4ccccc4-5)ccn3)n2)c1. The van der Waals surface area contributed by atoms with Crippen LogP contribution in [0.25, 0.3) is 57.2 Å². The summed E-state index contributed by atoms with van der Waals surface area (Å²) in [6, 6.07) is 43.4. The van der Waals surface area contributed by atoms with Gasteiger partial charge in [-0.2, -0.15) is 0 Å². The Morgan fingerprint density at radius 3 is 1.55 bits per heavy atom. The summed E-state index contributed by atoms with van der Waals surface area (Å²) in [6.07, 6.45) is 7.42. The Bertz CT molecular complexity index is 2490. The van der Waals surface area contributed by atoms with E-state index >= 15 is 0 Å². The molecule has 0 amide bonds. The largest absolute Gasteiger partial charge is 0.429 e. The van der Waals surface area contributed by atoms with Crippen molar-refractivity contribution in [3.8, 4) is 56.5 Å². The van der Waals surface area contributed by atoms with Gasteiger partial charge in [-0.1, -0.05) is 97.1 Å². The highest BCUT2D eigenvalue weighted by Gasteiger charge is 2.51. The fourth-order valence-electron chi connectivity index (χ4n) is 7.67. The molecule has 4 aromatic carbocycles. The van der Waals surface area contributed by atoms with E-state index in [1.807, 2.05) is 12.1 Å². The predicted octanol–water partition coefficient (Wildman–Crippen LogP) is 8.79. The van der Waals surface area contributed by atoms with Crippen molar-refractivity contribution < 1.29 is 19.1 Å². The van der Waals surface area contributed by atoms with Gasteiger partial charge in [-0.25, -0.2) is 4.98 Å². The third kappa shape index (κ3) is 4.86. The van der Waals surface area contributed by atoms with Crippen LogP contribution in [-0.2, 0) is 15.0 Å². The smallest absolute Gasteiger partial charge is 0.298 e. The molecule has 0 saturated heterocycles. The van der Waals surface area contributed by atoms with E-state index in [2.05, 4.69) is 113 Å². The number of hydrogen-bond donors (Lipinski definition) is 0. The minimum absolute atomic E-state index is 0.277. The van der Waals surface area contributed by atoms with Gasteiger partial charge >= 0.3 is 0 Å². The third-order valence-corrected chi connectivity index (χ3v) is 9.70. The molecule has 0 atom stereocenters. The van der Waals surface area contributed by atoms with Gasteiger partial charge in [-0.3, -0.25) is 19.6 Å². The normalized spacial score (nSPS) is 12.9.